The first-order valence-electron chi connectivity index (χ1n) is 4.93. The van der Waals surface area contributed by atoms with Crippen LogP contribution in [0.15, 0.2) is 18.2 Å². The van der Waals surface area contributed by atoms with Crippen LogP contribution in [0.5, 0.6) is 0 Å². The summed E-state index contributed by atoms with van der Waals surface area (Å²) in [6.45, 7) is 2.07. The normalized spacial score (nSPS) is 20.2. The van der Waals surface area contributed by atoms with E-state index in [-0.39, 0.29) is 11.3 Å². The number of hydrogen-bond donors (Lipinski definition) is 0. The van der Waals surface area contributed by atoms with Crippen LogP contribution in [0.1, 0.15) is 17.9 Å². The minimum absolute atomic E-state index is 0.0845. The molecule has 0 bridgehead atoms. The Labute approximate surface area is 96.6 Å². The van der Waals surface area contributed by atoms with Crippen molar-refractivity contribution in [3.8, 4) is 0 Å². The smallest absolute Gasteiger partial charge is 0.220 e. The first kappa shape index (κ1) is 11.4. The Bertz CT molecular complexity index is 424. The van der Waals surface area contributed by atoms with Crippen LogP contribution in [0.4, 0.5) is 8.78 Å². The summed E-state index contributed by atoms with van der Waals surface area (Å²) in [7, 11) is 0. The van der Waals surface area contributed by atoms with Crippen molar-refractivity contribution in [2.45, 2.75) is 12.3 Å². The SMILES string of the molecule is CC(=O)N1CCS[C@H]1c1ccc(F)cc1F. The number of nitrogens with zero attached hydrogens (tertiary/aromatic N) is 1. The van der Waals surface area contributed by atoms with Gasteiger partial charge >= 0.3 is 0 Å². The molecule has 1 aliphatic rings. The van der Waals surface area contributed by atoms with E-state index in [1.807, 2.05) is 0 Å². The van der Waals surface area contributed by atoms with Crippen LogP contribution in [0, 0.1) is 11.6 Å². The summed E-state index contributed by atoms with van der Waals surface area (Å²) in [6, 6.07) is 3.48. The number of thioether (sulfide) groups is 1. The summed E-state index contributed by atoms with van der Waals surface area (Å²) in [5, 5.41) is -0.321. The Morgan fingerprint density at radius 2 is 2.25 bits per heavy atom. The molecule has 1 aromatic carbocycles. The van der Waals surface area contributed by atoms with Crippen molar-refractivity contribution in [3.63, 3.8) is 0 Å². The van der Waals surface area contributed by atoms with E-state index in [2.05, 4.69) is 0 Å². The number of benzene rings is 1. The lowest BCUT2D eigenvalue weighted by atomic mass is 10.2. The third kappa shape index (κ3) is 2.04. The van der Waals surface area contributed by atoms with E-state index in [1.54, 1.807) is 4.90 Å². The Balaban J connectivity index is 2.32. The van der Waals surface area contributed by atoms with Crippen LogP contribution >= 0.6 is 11.8 Å². The van der Waals surface area contributed by atoms with E-state index in [0.717, 1.165) is 11.8 Å². The summed E-state index contributed by atoms with van der Waals surface area (Å²) < 4.78 is 26.3. The van der Waals surface area contributed by atoms with Gasteiger partial charge in [0, 0.05) is 30.9 Å². The summed E-state index contributed by atoms with van der Waals surface area (Å²) in [5.41, 5.74) is 0.374. The van der Waals surface area contributed by atoms with Gasteiger partial charge in [0.2, 0.25) is 5.91 Å². The maximum Gasteiger partial charge on any atom is 0.220 e. The second-order valence-corrected chi connectivity index (χ2v) is 4.79. The second-order valence-electron chi connectivity index (χ2n) is 3.60. The molecule has 5 heteroatoms. The van der Waals surface area contributed by atoms with E-state index in [0.29, 0.717) is 12.1 Å². The third-order valence-electron chi connectivity index (χ3n) is 2.52. The van der Waals surface area contributed by atoms with Crippen molar-refractivity contribution < 1.29 is 13.6 Å². The zero-order valence-corrected chi connectivity index (χ0v) is 9.56. The lowest BCUT2D eigenvalue weighted by molar-refractivity contribution is -0.128. The van der Waals surface area contributed by atoms with E-state index in [4.69, 9.17) is 0 Å². The monoisotopic (exact) mass is 243 g/mol. The highest BCUT2D eigenvalue weighted by atomic mass is 32.2. The highest BCUT2D eigenvalue weighted by molar-refractivity contribution is 7.99. The maximum atomic E-state index is 13.5. The zero-order chi connectivity index (χ0) is 11.7. The van der Waals surface area contributed by atoms with E-state index in [1.165, 1.54) is 30.8 Å². The molecule has 1 atom stereocenters. The Morgan fingerprint density at radius 1 is 1.50 bits per heavy atom. The number of carbonyl (C=O) groups is 1. The van der Waals surface area contributed by atoms with E-state index in [9.17, 15) is 13.6 Å². The largest absolute Gasteiger partial charge is 0.326 e. The molecule has 16 heavy (non-hydrogen) atoms. The van der Waals surface area contributed by atoms with Crippen LogP contribution in [0.2, 0.25) is 0 Å². The molecule has 1 saturated heterocycles. The molecule has 1 fully saturated rings. The number of amides is 1. The number of halogens is 2. The van der Waals surface area contributed by atoms with Crippen molar-refractivity contribution in [3.05, 3.63) is 35.4 Å². The fourth-order valence-electron chi connectivity index (χ4n) is 1.75. The quantitative estimate of drug-likeness (QED) is 0.755. The second kappa shape index (κ2) is 4.41. The van der Waals surface area contributed by atoms with Crippen molar-refractivity contribution in [2.75, 3.05) is 12.3 Å². The van der Waals surface area contributed by atoms with Gasteiger partial charge in [-0.1, -0.05) is 6.07 Å². The minimum atomic E-state index is -0.598. The molecule has 86 valence electrons. The average Bonchev–Trinajstić information content (AvgIpc) is 2.66. The molecule has 0 aliphatic carbocycles. The van der Waals surface area contributed by atoms with Gasteiger partial charge in [0.15, 0.2) is 0 Å². The maximum absolute atomic E-state index is 13.5. The molecular formula is C11H11F2NOS. The standard InChI is InChI=1S/C11H11F2NOS/c1-7(15)14-4-5-16-11(14)9-3-2-8(12)6-10(9)13/h2-3,6,11H,4-5H2,1H3/t11-/m0/s1. The molecule has 1 aromatic rings. The summed E-state index contributed by atoms with van der Waals surface area (Å²) in [4.78, 5) is 12.9. The third-order valence-corrected chi connectivity index (χ3v) is 3.77. The van der Waals surface area contributed by atoms with Crippen LogP contribution in [0.25, 0.3) is 0 Å². The zero-order valence-electron chi connectivity index (χ0n) is 8.74. The van der Waals surface area contributed by atoms with Crippen LogP contribution in [-0.2, 0) is 4.79 Å². The number of hydrogen-bond acceptors (Lipinski definition) is 2. The van der Waals surface area contributed by atoms with Gasteiger partial charge in [-0.05, 0) is 6.07 Å². The molecule has 0 N–H and O–H groups in total. The Kier molecular flexibility index (Phi) is 3.14. The first-order valence-corrected chi connectivity index (χ1v) is 5.98. The van der Waals surface area contributed by atoms with Crippen LogP contribution in [-0.4, -0.2) is 23.1 Å². The molecule has 2 rings (SSSR count). The predicted octanol–water partition coefficient (Wildman–Crippen LogP) is 2.56. The van der Waals surface area contributed by atoms with Crippen molar-refractivity contribution in [1.29, 1.82) is 0 Å². The summed E-state index contributed by atoms with van der Waals surface area (Å²) in [5.74, 6) is -0.496. The van der Waals surface area contributed by atoms with Gasteiger partial charge in [-0.2, -0.15) is 0 Å². The molecule has 0 aromatic heterocycles. The summed E-state index contributed by atoms with van der Waals surface area (Å²) >= 11 is 1.49. The van der Waals surface area contributed by atoms with Gasteiger partial charge in [0.05, 0.1) is 0 Å². The van der Waals surface area contributed by atoms with Gasteiger partial charge in [0.1, 0.15) is 17.0 Å². The van der Waals surface area contributed by atoms with Crippen LogP contribution in [0.3, 0.4) is 0 Å². The van der Waals surface area contributed by atoms with Gasteiger partial charge < -0.3 is 4.90 Å². The van der Waals surface area contributed by atoms with E-state index >= 15 is 0 Å². The van der Waals surface area contributed by atoms with Gasteiger partial charge in [-0.15, -0.1) is 11.8 Å². The lowest BCUT2D eigenvalue weighted by Crippen LogP contribution is -2.28. The molecule has 0 saturated carbocycles. The Hall–Kier alpha value is -1.10. The average molecular weight is 243 g/mol. The van der Waals surface area contributed by atoms with Crippen molar-refractivity contribution in [2.24, 2.45) is 0 Å². The fraction of sp³-hybridized carbons (Fsp3) is 0.364. The molecule has 0 unspecified atom stereocenters. The van der Waals surface area contributed by atoms with Gasteiger partial charge in [-0.3, -0.25) is 4.79 Å². The molecular weight excluding hydrogens is 232 g/mol. The van der Waals surface area contributed by atoms with Gasteiger partial charge in [0.25, 0.3) is 0 Å². The lowest BCUT2D eigenvalue weighted by Gasteiger charge is -2.22. The number of carbonyl (C=O) groups excluding carboxylic acids is 1. The van der Waals surface area contributed by atoms with E-state index < -0.39 is 11.6 Å². The van der Waals surface area contributed by atoms with Crippen molar-refractivity contribution in [1.82, 2.24) is 4.90 Å². The predicted molar refractivity (Wildman–Crippen MR) is 58.9 cm³/mol. The molecule has 1 aliphatic heterocycles. The van der Waals surface area contributed by atoms with Crippen molar-refractivity contribution >= 4 is 17.7 Å². The summed E-state index contributed by atoms with van der Waals surface area (Å²) in [6.07, 6.45) is 0. The molecule has 1 amide bonds. The first-order chi connectivity index (χ1) is 7.59. The molecule has 2 nitrogen and oxygen atoms in total. The van der Waals surface area contributed by atoms with Gasteiger partial charge in [-0.25, -0.2) is 8.78 Å². The topological polar surface area (TPSA) is 20.3 Å². The molecule has 0 spiro atoms. The number of rotatable bonds is 1. The highest BCUT2D eigenvalue weighted by Gasteiger charge is 2.30. The Morgan fingerprint density at radius 3 is 2.88 bits per heavy atom. The highest BCUT2D eigenvalue weighted by Crippen LogP contribution is 2.38. The van der Waals surface area contributed by atoms with Crippen LogP contribution < -0.4 is 0 Å². The molecule has 1 heterocycles. The molecule has 0 radical (unpaired) electrons. The minimum Gasteiger partial charge on any atom is -0.326 e. The fourth-order valence-corrected chi connectivity index (χ4v) is 3.08.